The van der Waals surface area contributed by atoms with Crippen molar-refractivity contribution in [3.05, 3.63) is 6.20 Å². The maximum absolute atomic E-state index is 4.57. The smallest absolute Gasteiger partial charge is 0.230 e. The van der Waals surface area contributed by atoms with Gasteiger partial charge in [0.2, 0.25) is 11.9 Å². The molecule has 1 aliphatic heterocycles. The fraction of sp³-hybridized carbons (Fsp3) is 0.583. The van der Waals surface area contributed by atoms with E-state index in [1.807, 2.05) is 7.05 Å². The Balaban J connectivity index is 2.00. The van der Waals surface area contributed by atoms with E-state index < -0.39 is 0 Å². The van der Waals surface area contributed by atoms with Gasteiger partial charge < -0.3 is 10.2 Å². The number of aromatic nitrogens is 6. The molecule has 0 radical (unpaired) electrons. The van der Waals surface area contributed by atoms with E-state index in [-0.39, 0.29) is 0 Å². The lowest BCUT2D eigenvalue weighted by molar-refractivity contribution is 0.567. The number of nitrogens with zero attached hydrogens (tertiary/aromatic N) is 7. The van der Waals surface area contributed by atoms with Crippen molar-refractivity contribution >= 4 is 11.9 Å². The third kappa shape index (κ3) is 2.40. The summed E-state index contributed by atoms with van der Waals surface area (Å²) in [6.45, 7) is 1.99. The number of piperidine rings is 1. The minimum Gasteiger partial charge on any atom is -0.357 e. The van der Waals surface area contributed by atoms with E-state index in [0.29, 0.717) is 11.8 Å². The third-order valence-corrected chi connectivity index (χ3v) is 3.43. The molecule has 1 saturated heterocycles. The van der Waals surface area contributed by atoms with Gasteiger partial charge in [-0.15, -0.1) is 5.10 Å². The minimum absolute atomic E-state index is 0.566. The monoisotopic (exact) mass is 274 g/mol. The van der Waals surface area contributed by atoms with Crippen molar-refractivity contribution in [3.63, 3.8) is 0 Å². The molecule has 2 aromatic rings. The predicted molar refractivity (Wildman–Crippen MR) is 75.4 cm³/mol. The zero-order valence-electron chi connectivity index (χ0n) is 11.7. The van der Waals surface area contributed by atoms with Crippen LogP contribution in [0.1, 0.15) is 19.3 Å². The van der Waals surface area contributed by atoms with Crippen molar-refractivity contribution < 1.29 is 0 Å². The molecule has 1 fully saturated rings. The average Bonchev–Trinajstić information content (AvgIpc) is 2.94. The molecule has 8 nitrogen and oxygen atoms in total. The Kier molecular flexibility index (Phi) is 3.44. The number of rotatable bonds is 3. The van der Waals surface area contributed by atoms with E-state index >= 15 is 0 Å². The fourth-order valence-corrected chi connectivity index (χ4v) is 2.32. The van der Waals surface area contributed by atoms with Crippen LogP contribution in [-0.4, -0.2) is 50.1 Å². The molecule has 106 valence electrons. The van der Waals surface area contributed by atoms with Crippen molar-refractivity contribution in [2.24, 2.45) is 7.05 Å². The summed E-state index contributed by atoms with van der Waals surface area (Å²) >= 11 is 0. The normalized spacial score (nSPS) is 15.4. The molecule has 20 heavy (non-hydrogen) atoms. The Bertz CT molecular complexity index is 587. The van der Waals surface area contributed by atoms with Crippen molar-refractivity contribution in [3.8, 4) is 11.5 Å². The van der Waals surface area contributed by atoms with Crippen LogP contribution < -0.4 is 10.2 Å². The highest BCUT2D eigenvalue weighted by atomic mass is 15.4. The topological polar surface area (TPSA) is 84.7 Å². The second-order valence-electron chi connectivity index (χ2n) is 4.82. The van der Waals surface area contributed by atoms with Gasteiger partial charge in [-0.25, -0.2) is 4.68 Å². The summed E-state index contributed by atoms with van der Waals surface area (Å²) in [6, 6.07) is 0. The Morgan fingerprint density at radius 1 is 1.10 bits per heavy atom. The SMILES string of the molecule is CNc1nc(-c2cnnn2C)nc(N2CCCCC2)n1. The lowest BCUT2D eigenvalue weighted by Gasteiger charge is -2.26. The van der Waals surface area contributed by atoms with Crippen molar-refractivity contribution in [2.75, 3.05) is 30.4 Å². The van der Waals surface area contributed by atoms with Gasteiger partial charge in [0, 0.05) is 27.2 Å². The van der Waals surface area contributed by atoms with E-state index in [2.05, 4.69) is 35.5 Å². The fourth-order valence-electron chi connectivity index (χ4n) is 2.32. The molecule has 3 heterocycles. The molecule has 0 aliphatic carbocycles. The van der Waals surface area contributed by atoms with Gasteiger partial charge >= 0.3 is 0 Å². The predicted octanol–water partition coefficient (Wildman–Crippen LogP) is 0.699. The summed E-state index contributed by atoms with van der Waals surface area (Å²) in [4.78, 5) is 15.6. The molecule has 0 aromatic carbocycles. The van der Waals surface area contributed by atoms with Crippen LogP contribution in [-0.2, 0) is 7.05 Å². The molecule has 0 unspecified atom stereocenters. The first-order chi connectivity index (χ1) is 9.78. The van der Waals surface area contributed by atoms with Crippen molar-refractivity contribution in [1.29, 1.82) is 0 Å². The number of anilines is 2. The number of aryl methyl sites for hydroxylation is 1. The van der Waals surface area contributed by atoms with Crippen LogP contribution in [0, 0.1) is 0 Å². The average molecular weight is 274 g/mol. The van der Waals surface area contributed by atoms with Crippen LogP contribution in [0.3, 0.4) is 0 Å². The maximum Gasteiger partial charge on any atom is 0.230 e. The Morgan fingerprint density at radius 3 is 2.55 bits per heavy atom. The highest BCUT2D eigenvalue weighted by Crippen LogP contribution is 2.20. The zero-order valence-corrected chi connectivity index (χ0v) is 11.7. The molecule has 1 N–H and O–H groups in total. The van der Waals surface area contributed by atoms with Gasteiger partial charge in [0.25, 0.3) is 0 Å². The molecule has 3 rings (SSSR count). The van der Waals surface area contributed by atoms with Gasteiger partial charge in [-0.3, -0.25) is 0 Å². The molecule has 0 spiro atoms. The summed E-state index contributed by atoms with van der Waals surface area (Å²) in [6.07, 6.45) is 5.31. The zero-order chi connectivity index (χ0) is 13.9. The van der Waals surface area contributed by atoms with E-state index in [4.69, 9.17) is 0 Å². The van der Waals surface area contributed by atoms with E-state index in [1.54, 1.807) is 17.9 Å². The molecule has 2 aromatic heterocycles. The Morgan fingerprint density at radius 2 is 1.90 bits per heavy atom. The van der Waals surface area contributed by atoms with Crippen LogP contribution in [0.15, 0.2) is 6.20 Å². The first-order valence-electron chi connectivity index (χ1n) is 6.82. The summed E-state index contributed by atoms with van der Waals surface area (Å²) in [5.74, 6) is 1.88. The van der Waals surface area contributed by atoms with Gasteiger partial charge in [0.15, 0.2) is 5.82 Å². The number of nitrogens with one attached hydrogen (secondary N) is 1. The highest BCUT2D eigenvalue weighted by molar-refractivity contribution is 5.53. The van der Waals surface area contributed by atoms with Gasteiger partial charge in [-0.05, 0) is 19.3 Å². The summed E-state index contributed by atoms with van der Waals surface area (Å²) in [5, 5.41) is 10.8. The Hall–Kier alpha value is -2.25. The number of hydrogen-bond acceptors (Lipinski definition) is 7. The van der Waals surface area contributed by atoms with Crippen LogP contribution in [0.5, 0.6) is 0 Å². The third-order valence-electron chi connectivity index (χ3n) is 3.43. The molecule has 0 atom stereocenters. The van der Waals surface area contributed by atoms with Crippen molar-refractivity contribution in [1.82, 2.24) is 29.9 Å². The van der Waals surface area contributed by atoms with Gasteiger partial charge in [-0.1, -0.05) is 5.21 Å². The molecule has 0 bridgehead atoms. The molecule has 1 aliphatic rings. The van der Waals surface area contributed by atoms with Crippen LogP contribution in [0.2, 0.25) is 0 Å². The summed E-state index contributed by atoms with van der Waals surface area (Å²) in [5.41, 5.74) is 0.780. The van der Waals surface area contributed by atoms with Gasteiger partial charge in [0.1, 0.15) is 5.69 Å². The highest BCUT2D eigenvalue weighted by Gasteiger charge is 2.17. The van der Waals surface area contributed by atoms with Crippen LogP contribution in [0.4, 0.5) is 11.9 Å². The first kappa shape index (κ1) is 12.8. The molecular weight excluding hydrogens is 256 g/mol. The summed E-state index contributed by atoms with van der Waals surface area (Å²) in [7, 11) is 3.63. The lowest BCUT2D eigenvalue weighted by Crippen LogP contribution is -2.31. The minimum atomic E-state index is 0.566. The second kappa shape index (κ2) is 5.40. The largest absolute Gasteiger partial charge is 0.357 e. The Labute approximate surface area is 117 Å². The van der Waals surface area contributed by atoms with Crippen LogP contribution in [0.25, 0.3) is 11.5 Å². The second-order valence-corrected chi connectivity index (χ2v) is 4.82. The van der Waals surface area contributed by atoms with E-state index in [0.717, 1.165) is 24.7 Å². The van der Waals surface area contributed by atoms with E-state index in [9.17, 15) is 0 Å². The molecule has 8 heteroatoms. The number of hydrogen-bond donors (Lipinski definition) is 1. The van der Waals surface area contributed by atoms with Gasteiger partial charge in [-0.2, -0.15) is 15.0 Å². The molecule has 0 amide bonds. The first-order valence-corrected chi connectivity index (χ1v) is 6.82. The molecular formula is C12H18N8. The standard InChI is InChI=1S/C12H18N8/c1-13-11-15-10(9-8-14-18-19(9)2)16-12(17-11)20-6-4-3-5-7-20/h8H,3-7H2,1-2H3,(H,13,15,16,17). The maximum atomic E-state index is 4.57. The van der Waals surface area contributed by atoms with Crippen molar-refractivity contribution in [2.45, 2.75) is 19.3 Å². The summed E-state index contributed by atoms with van der Waals surface area (Å²) < 4.78 is 1.66. The van der Waals surface area contributed by atoms with E-state index in [1.165, 1.54) is 19.3 Å². The quantitative estimate of drug-likeness (QED) is 0.881. The van der Waals surface area contributed by atoms with Crippen LogP contribution >= 0.6 is 0 Å². The molecule has 0 saturated carbocycles. The lowest BCUT2D eigenvalue weighted by atomic mass is 10.1. The van der Waals surface area contributed by atoms with Gasteiger partial charge in [0.05, 0.1) is 6.20 Å².